The highest BCUT2D eigenvalue weighted by Crippen LogP contribution is 2.22. The molecule has 3 rings (SSSR count). The lowest BCUT2D eigenvalue weighted by molar-refractivity contribution is -0.140. The van der Waals surface area contributed by atoms with Gasteiger partial charge in [0.25, 0.3) is 0 Å². The lowest BCUT2D eigenvalue weighted by Gasteiger charge is -2.31. The molecule has 0 unspecified atom stereocenters. The van der Waals surface area contributed by atoms with Gasteiger partial charge in [-0.15, -0.1) is 0 Å². The van der Waals surface area contributed by atoms with E-state index >= 15 is 0 Å². The van der Waals surface area contributed by atoms with Crippen molar-refractivity contribution in [2.45, 2.75) is 57.6 Å². The highest BCUT2D eigenvalue weighted by Gasteiger charge is 2.30. The molecule has 36 heavy (non-hydrogen) atoms. The Morgan fingerprint density at radius 2 is 1.64 bits per heavy atom. The van der Waals surface area contributed by atoms with Gasteiger partial charge >= 0.3 is 0 Å². The Morgan fingerprint density at radius 3 is 2.31 bits per heavy atom. The summed E-state index contributed by atoms with van der Waals surface area (Å²) in [5.74, 6) is -0.722. The molecule has 0 saturated heterocycles. The SMILES string of the molecule is CC[C@H](C)NC(=O)[C@H](C)N(Cc1cccc(C)c1)C(=O)CN(C)S(=O)(=O)c1ccc2ccccc2c1. The summed E-state index contributed by atoms with van der Waals surface area (Å²) in [6, 6.07) is 19.3. The molecule has 0 aliphatic carbocycles. The Morgan fingerprint density at radius 1 is 0.944 bits per heavy atom. The molecule has 0 bridgehead atoms. The van der Waals surface area contributed by atoms with Crippen molar-refractivity contribution in [3.8, 4) is 0 Å². The van der Waals surface area contributed by atoms with Crippen molar-refractivity contribution < 1.29 is 18.0 Å². The first-order chi connectivity index (χ1) is 17.0. The molecule has 0 aliphatic heterocycles. The van der Waals surface area contributed by atoms with Gasteiger partial charge in [0.05, 0.1) is 11.4 Å². The van der Waals surface area contributed by atoms with Crippen molar-refractivity contribution in [3.63, 3.8) is 0 Å². The van der Waals surface area contributed by atoms with Crippen molar-refractivity contribution in [1.29, 1.82) is 0 Å². The highest BCUT2D eigenvalue weighted by molar-refractivity contribution is 7.89. The zero-order chi connectivity index (χ0) is 26.5. The van der Waals surface area contributed by atoms with E-state index in [0.717, 1.165) is 32.6 Å². The topological polar surface area (TPSA) is 86.8 Å². The van der Waals surface area contributed by atoms with Crippen molar-refractivity contribution >= 4 is 32.6 Å². The molecule has 0 aliphatic rings. The van der Waals surface area contributed by atoms with Crippen molar-refractivity contribution in [2.75, 3.05) is 13.6 Å². The van der Waals surface area contributed by atoms with Crippen LogP contribution in [0, 0.1) is 6.92 Å². The predicted octanol–water partition coefficient (Wildman–Crippen LogP) is 4.10. The first-order valence-electron chi connectivity index (χ1n) is 12.1. The summed E-state index contributed by atoms with van der Waals surface area (Å²) in [5, 5.41) is 4.66. The fraction of sp³-hybridized carbons (Fsp3) is 0.357. The van der Waals surface area contributed by atoms with Gasteiger partial charge in [-0.25, -0.2) is 8.42 Å². The molecule has 192 valence electrons. The maximum Gasteiger partial charge on any atom is 0.243 e. The molecular formula is C28H35N3O4S. The molecule has 7 nitrogen and oxygen atoms in total. The van der Waals surface area contributed by atoms with Crippen molar-refractivity contribution in [3.05, 3.63) is 77.9 Å². The van der Waals surface area contributed by atoms with Gasteiger partial charge < -0.3 is 10.2 Å². The fourth-order valence-electron chi connectivity index (χ4n) is 3.93. The number of nitrogens with one attached hydrogen (secondary N) is 1. The third-order valence-electron chi connectivity index (χ3n) is 6.39. The van der Waals surface area contributed by atoms with Gasteiger partial charge in [0, 0.05) is 19.6 Å². The third-order valence-corrected chi connectivity index (χ3v) is 8.19. The predicted molar refractivity (Wildman–Crippen MR) is 143 cm³/mol. The van der Waals surface area contributed by atoms with E-state index in [-0.39, 0.29) is 29.9 Å². The molecule has 0 radical (unpaired) electrons. The van der Waals surface area contributed by atoms with Crippen LogP contribution in [0.2, 0.25) is 0 Å². The number of hydrogen-bond donors (Lipinski definition) is 1. The van der Waals surface area contributed by atoms with Crippen LogP contribution in [0.15, 0.2) is 71.6 Å². The number of carbonyl (C=O) groups is 2. The first kappa shape index (κ1) is 27.4. The summed E-state index contributed by atoms with van der Waals surface area (Å²) in [7, 11) is -2.54. The van der Waals surface area contributed by atoms with E-state index in [4.69, 9.17) is 0 Å². The summed E-state index contributed by atoms with van der Waals surface area (Å²) in [6.07, 6.45) is 0.761. The molecule has 3 aromatic carbocycles. The monoisotopic (exact) mass is 509 g/mol. The molecule has 1 N–H and O–H groups in total. The summed E-state index contributed by atoms with van der Waals surface area (Å²) in [6.45, 7) is 7.31. The molecule has 0 spiro atoms. The van der Waals surface area contributed by atoms with Crippen LogP contribution in [0.4, 0.5) is 0 Å². The van der Waals surface area contributed by atoms with Crippen LogP contribution in [-0.2, 0) is 26.2 Å². The second-order valence-electron chi connectivity index (χ2n) is 9.27. The highest BCUT2D eigenvalue weighted by atomic mass is 32.2. The average Bonchev–Trinajstić information content (AvgIpc) is 2.86. The number of benzene rings is 3. The van der Waals surface area contributed by atoms with E-state index in [1.165, 1.54) is 11.9 Å². The van der Waals surface area contributed by atoms with Gasteiger partial charge in [-0.2, -0.15) is 4.31 Å². The minimum atomic E-state index is -3.92. The summed E-state index contributed by atoms with van der Waals surface area (Å²) in [5.41, 5.74) is 1.90. The first-order valence-corrected chi connectivity index (χ1v) is 13.6. The lowest BCUT2D eigenvalue weighted by Crippen LogP contribution is -2.51. The van der Waals surface area contributed by atoms with Gasteiger partial charge in [-0.05, 0) is 55.7 Å². The Hall–Kier alpha value is -3.23. The lowest BCUT2D eigenvalue weighted by atomic mass is 10.1. The fourth-order valence-corrected chi connectivity index (χ4v) is 5.09. The maximum absolute atomic E-state index is 13.5. The Bertz CT molecular complexity index is 1340. The normalized spacial score (nSPS) is 13.4. The number of nitrogens with zero attached hydrogens (tertiary/aromatic N) is 2. The maximum atomic E-state index is 13.5. The smallest absolute Gasteiger partial charge is 0.243 e. The van der Waals surface area contributed by atoms with Crippen molar-refractivity contribution in [1.82, 2.24) is 14.5 Å². The number of amides is 2. The quantitative estimate of drug-likeness (QED) is 0.446. The van der Waals surface area contributed by atoms with E-state index in [1.54, 1.807) is 25.1 Å². The number of sulfonamides is 1. The molecule has 0 aromatic heterocycles. The molecule has 2 amide bonds. The van der Waals surface area contributed by atoms with Gasteiger partial charge in [-0.1, -0.05) is 67.1 Å². The number of hydrogen-bond acceptors (Lipinski definition) is 4. The average molecular weight is 510 g/mol. The molecule has 2 atom stereocenters. The van der Waals surface area contributed by atoms with Gasteiger partial charge in [-0.3, -0.25) is 9.59 Å². The molecule has 3 aromatic rings. The number of rotatable bonds is 10. The molecule has 0 heterocycles. The third kappa shape index (κ3) is 6.50. The number of carbonyl (C=O) groups excluding carboxylic acids is 2. The van der Waals surface area contributed by atoms with Crippen LogP contribution in [0.1, 0.15) is 38.3 Å². The molecule has 8 heteroatoms. The largest absolute Gasteiger partial charge is 0.352 e. The van der Waals surface area contributed by atoms with Gasteiger partial charge in [0.15, 0.2) is 0 Å². The minimum Gasteiger partial charge on any atom is -0.352 e. The molecule has 0 fully saturated rings. The summed E-state index contributed by atoms with van der Waals surface area (Å²) >= 11 is 0. The molecule has 0 saturated carbocycles. The minimum absolute atomic E-state index is 0.0353. The van der Waals surface area contributed by atoms with E-state index < -0.39 is 22.0 Å². The Kier molecular flexibility index (Phi) is 8.87. The second-order valence-corrected chi connectivity index (χ2v) is 11.3. The number of likely N-dealkylation sites (N-methyl/N-ethyl adjacent to an activating group) is 1. The van der Waals surface area contributed by atoms with Crippen LogP contribution in [0.3, 0.4) is 0 Å². The standard InChI is InChI=1S/C28H35N3O4S/c1-6-21(3)29-28(33)22(4)31(18-23-11-9-10-20(2)16-23)27(32)19-30(5)36(34,35)26-15-14-24-12-7-8-13-25(24)17-26/h7-17,21-22H,6,18-19H2,1-5H3,(H,29,33)/t21-,22-/m0/s1. The van der Waals surface area contributed by atoms with Crippen LogP contribution < -0.4 is 5.32 Å². The van der Waals surface area contributed by atoms with E-state index in [0.29, 0.717) is 0 Å². The van der Waals surface area contributed by atoms with Crippen LogP contribution in [0.5, 0.6) is 0 Å². The van der Waals surface area contributed by atoms with Gasteiger partial charge in [0.1, 0.15) is 6.04 Å². The van der Waals surface area contributed by atoms with Gasteiger partial charge in [0.2, 0.25) is 21.8 Å². The van der Waals surface area contributed by atoms with E-state index in [1.807, 2.05) is 69.3 Å². The van der Waals surface area contributed by atoms with Crippen molar-refractivity contribution in [2.24, 2.45) is 0 Å². The van der Waals surface area contributed by atoms with Crippen LogP contribution in [-0.4, -0.2) is 55.1 Å². The number of fused-ring (bicyclic) bond motifs is 1. The second kappa shape index (κ2) is 11.7. The molecular weight excluding hydrogens is 474 g/mol. The van der Waals surface area contributed by atoms with E-state index in [2.05, 4.69) is 5.32 Å². The van der Waals surface area contributed by atoms with Crippen LogP contribution >= 0.6 is 0 Å². The number of aryl methyl sites for hydroxylation is 1. The Labute approximate surface area is 214 Å². The Balaban J connectivity index is 1.85. The summed E-state index contributed by atoms with van der Waals surface area (Å²) in [4.78, 5) is 27.9. The van der Waals surface area contributed by atoms with E-state index in [9.17, 15) is 18.0 Å². The zero-order valence-corrected chi connectivity index (χ0v) is 22.4. The van der Waals surface area contributed by atoms with Crippen LogP contribution in [0.25, 0.3) is 10.8 Å². The zero-order valence-electron chi connectivity index (χ0n) is 21.6. The summed E-state index contributed by atoms with van der Waals surface area (Å²) < 4.78 is 27.6.